The summed E-state index contributed by atoms with van der Waals surface area (Å²) in [6, 6.07) is 1.91. The third kappa shape index (κ3) is 1.81. The molecule has 3 nitrogen and oxygen atoms in total. The van der Waals surface area contributed by atoms with Crippen molar-refractivity contribution in [3.05, 3.63) is 16.3 Å². The zero-order valence-corrected chi connectivity index (χ0v) is 8.80. The summed E-state index contributed by atoms with van der Waals surface area (Å²) in [6.45, 7) is 0.532. The number of methoxy groups -OCH3 is 1. The molecule has 0 N–H and O–H groups in total. The van der Waals surface area contributed by atoms with Crippen LogP contribution in [0.4, 0.5) is 0 Å². The Kier molecular flexibility index (Phi) is 2.84. The number of hydrogen-bond acceptors (Lipinski definition) is 4. The van der Waals surface area contributed by atoms with E-state index in [0.717, 1.165) is 10.6 Å². The fraction of sp³-hybridized carbons (Fsp3) is 0.500. The lowest BCUT2D eigenvalue weighted by Gasteiger charge is -2.21. The summed E-state index contributed by atoms with van der Waals surface area (Å²) in [6.07, 6.45) is 0.937. The number of rotatable bonds is 2. The average Bonchev–Trinajstić information content (AvgIpc) is 2.65. The third-order valence-electron chi connectivity index (χ3n) is 2.28. The minimum absolute atomic E-state index is 0.0915. The smallest absolute Gasteiger partial charge is 0.138 e. The van der Waals surface area contributed by atoms with Crippen molar-refractivity contribution in [3.63, 3.8) is 0 Å². The summed E-state index contributed by atoms with van der Waals surface area (Å²) < 4.78 is 10.7. The zero-order chi connectivity index (χ0) is 9.97. The lowest BCUT2D eigenvalue weighted by molar-refractivity contribution is -0.128. The first-order chi connectivity index (χ1) is 6.81. The number of hydrogen-bond donors (Lipinski definition) is 0. The van der Waals surface area contributed by atoms with Crippen molar-refractivity contribution < 1.29 is 14.3 Å². The molecule has 76 valence electrons. The molecule has 0 saturated carbocycles. The van der Waals surface area contributed by atoms with Crippen LogP contribution in [0.3, 0.4) is 0 Å². The van der Waals surface area contributed by atoms with Crippen LogP contribution in [0.25, 0.3) is 0 Å². The molecule has 2 heterocycles. The Morgan fingerprint density at radius 1 is 1.64 bits per heavy atom. The van der Waals surface area contributed by atoms with E-state index in [2.05, 4.69) is 0 Å². The Labute approximate surface area is 86.6 Å². The van der Waals surface area contributed by atoms with Crippen LogP contribution >= 0.6 is 11.3 Å². The van der Waals surface area contributed by atoms with Gasteiger partial charge in [-0.25, -0.2) is 0 Å². The van der Waals surface area contributed by atoms with Gasteiger partial charge in [-0.3, -0.25) is 4.79 Å². The van der Waals surface area contributed by atoms with E-state index in [4.69, 9.17) is 9.47 Å². The predicted molar refractivity (Wildman–Crippen MR) is 53.8 cm³/mol. The SMILES string of the molecule is COc1ccsc1C1CC(=O)CCO1. The monoisotopic (exact) mass is 212 g/mol. The molecule has 1 aromatic heterocycles. The highest BCUT2D eigenvalue weighted by Crippen LogP contribution is 2.36. The predicted octanol–water partition coefficient (Wildman–Crippen LogP) is 2.18. The summed E-state index contributed by atoms with van der Waals surface area (Å²) in [4.78, 5) is 12.3. The third-order valence-corrected chi connectivity index (χ3v) is 3.27. The molecule has 1 saturated heterocycles. The molecule has 14 heavy (non-hydrogen) atoms. The molecular weight excluding hydrogens is 200 g/mol. The van der Waals surface area contributed by atoms with Gasteiger partial charge in [0.1, 0.15) is 17.6 Å². The first-order valence-corrected chi connectivity index (χ1v) is 5.44. The highest BCUT2D eigenvalue weighted by atomic mass is 32.1. The maximum absolute atomic E-state index is 11.3. The number of ketones is 1. The van der Waals surface area contributed by atoms with Gasteiger partial charge in [0.15, 0.2) is 0 Å². The van der Waals surface area contributed by atoms with Crippen LogP contribution < -0.4 is 4.74 Å². The van der Waals surface area contributed by atoms with Crippen LogP contribution in [-0.2, 0) is 9.53 Å². The van der Waals surface area contributed by atoms with Crippen molar-refractivity contribution >= 4 is 17.1 Å². The van der Waals surface area contributed by atoms with Gasteiger partial charge >= 0.3 is 0 Å². The minimum atomic E-state index is -0.0915. The zero-order valence-electron chi connectivity index (χ0n) is 7.99. The van der Waals surface area contributed by atoms with Crippen molar-refractivity contribution in [2.45, 2.75) is 18.9 Å². The second-order valence-corrected chi connectivity index (χ2v) is 4.15. The Morgan fingerprint density at radius 2 is 2.50 bits per heavy atom. The van der Waals surface area contributed by atoms with Gasteiger partial charge < -0.3 is 9.47 Å². The van der Waals surface area contributed by atoms with E-state index in [0.29, 0.717) is 19.4 Å². The number of carbonyl (C=O) groups is 1. The van der Waals surface area contributed by atoms with Gasteiger partial charge in [-0.05, 0) is 11.4 Å². The molecule has 1 aromatic rings. The number of carbonyl (C=O) groups excluding carboxylic acids is 1. The summed E-state index contributed by atoms with van der Waals surface area (Å²) >= 11 is 1.58. The quantitative estimate of drug-likeness (QED) is 0.753. The average molecular weight is 212 g/mol. The normalized spacial score (nSPS) is 22.4. The fourth-order valence-corrected chi connectivity index (χ4v) is 2.47. The topological polar surface area (TPSA) is 35.5 Å². The molecule has 0 aromatic carbocycles. The van der Waals surface area contributed by atoms with Gasteiger partial charge in [-0.1, -0.05) is 0 Å². The molecule has 0 amide bonds. The second-order valence-electron chi connectivity index (χ2n) is 3.21. The van der Waals surface area contributed by atoms with Gasteiger partial charge in [0.05, 0.1) is 18.6 Å². The van der Waals surface area contributed by atoms with Crippen molar-refractivity contribution in [2.75, 3.05) is 13.7 Å². The van der Waals surface area contributed by atoms with Gasteiger partial charge in [0.2, 0.25) is 0 Å². The molecule has 0 aliphatic carbocycles. The molecule has 0 bridgehead atoms. The summed E-state index contributed by atoms with van der Waals surface area (Å²) in [5.74, 6) is 1.10. The van der Waals surface area contributed by atoms with E-state index in [1.807, 2.05) is 11.4 Å². The van der Waals surface area contributed by atoms with E-state index in [1.165, 1.54) is 0 Å². The molecule has 0 radical (unpaired) electrons. The Hall–Kier alpha value is -0.870. The van der Waals surface area contributed by atoms with Crippen LogP contribution in [0.5, 0.6) is 5.75 Å². The first kappa shape index (κ1) is 9.68. The van der Waals surface area contributed by atoms with Gasteiger partial charge in [0, 0.05) is 12.8 Å². The van der Waals surface area contributed by atoms with E-state index in [-0.39, 0.29) is 11.9 Å². The van der Waals surface area contributed by atoms with Gasteiger partial charge in [-0.15, -0.1) is 11.3 Å². The molecule has 0 spiro atoms. The molecule has 1 aliphatic rings. The minimum Gasteiger partial charge on any atom is -0.495 e. The van der Waals surface area contributed by atoms with Crippen LogP contribution in [0.1, 0.15) is 23.8 Å². The molecule has 1 aliphatic heterocycles. The second kappa shape index (κ2) is 4.11. The van der Waals surface area contributed by atoms with Crippen molar-refractivity contribution in [3.8, 4) is 5.75 Å². The molecular formula is C10H12O3S. The molecule has 4 heteroatoms. The lowest BCUT2D eigenvalue weighted by atomic mass is 10.1. The van der Waals surface area contributed by atoms with Crippen molar-refractivity contribution in [1.29, 1.82) is 0 Å². The number of ether oxygens (including phenoxy) is 2. The van der Waals surface area contributed by atoms with Crippen molar-refractivity contribution in [1.82, 2.24) is 0 Å². The fourth-order valence-electron chi connectivity index (χ4n) is 1.56. The molecule has 1 atom stereocenters. The Balaban J connectivity index is 2.17. The largest absolute Gasteiger partial charge is 0.495 e. The van der Waals surface area contributed by atoms with E-state index in [9.17, 15) is 4.79 Å². The maximum atomic E-state index is 11.3. The van der Waals surface area contributed by atoms with Crippen LogP contribution in [0, 0.1) is 0 Å². The summed E-state index contributed by atoms with van der Waals surface area (Å²) in [7, 11) is 1.64. The highest BCUT2D eigenvalue weighted by molar-refractivity contribution is 7.10. The van der Waals surface area contributed by atoms with Crippen molar-refractivity contribution in [2.24, 2.45) is 0 Å². The maximum Gasteiger partial charge on any atom is 0.138 e. The van der Waals surface area contributed by atoms with E-state index < -0.39 is 0 Å². The Morgan fingerprint density at radius 3 is 3.21 bits per heavy atom. The van der Waals surface area contributed by atoms with E-state index in [1.54, 1.807) is 18.4 Å². The number of thiophene rings is 1. The Bertz CT molecular complexity index is 332. The van der Waals surface area contributed by atoms with Crippen LogP contribution in [-0.4, -0.2) is 19.5 Å². The number of Topliss-reactive ketones (excluding diaryl/α,β-unsaturated/α-hetero) is 1. The highest BCUT2D eigenvalue weighted by Gasteiger charge is 2.25. The van der Waals surface area contributed by atoms with E-state index >= 15 is 0 Å². The standard InChI is InChI=1S/C10H12O3S/c1-12-8-3-5-14-10(8)9-6-7(11)2-4-13-9/h3,5,9H,2,4,6H2,1H3. The molecule has 1 fully saturated rings. The van der Waals surface area contributed by atoms with Crippen LogP contribution in [0.2, 0.25) is 0 Å². The van der Waals surface area contributed by atoms with Gasteiger partial charge in [-0.2, -0.15) is 0 Å². The van der Waals surface area contributed by atoms with Gasteiger partial charge in [0.25, 0.3) is 0 Å². The molecule has 1 unspecified atom stereocenters. The summed E-state index contributed by atoms with van der Waals surface area (Å²) in [5.41, 5.74) is 0. The van der Waals surface area contributed by atoms with Crippen LogP contribution in [0.15, 0.2) is 11.4 Å². The first-order valence-electron chi connectivity index (χ1n) is 4.56. The summed E-state index contributed by atoms with van der Waals surface area (Å²) in [5, 5.41) is 1.95. The molecule has 2 rings (SSSR count). The lowest BCUT2D eigenvalue weighted by Crippen LogP contribution is -2.18.